The second kappa shape index (κ2) is 6.73. The van der Waals surface area contributed by atoms with Crippen LogP contribution in [0.2, 0.25) is 0 Å². The number of nitrogens with one attached hydrogen (secondary N) is 1. The molecule has 3 unspecified atom stereocenters. The zero-order valence-electron chi connectivity index (χ0n) is 13.7. The lowest BCUT2D eigenvalue weighted by Gasteiger charge is -2.44. The van der Waals surface area contributed by atoms with E-state index in [1.54, 1.807) is 0 Å². The van der Waals surface area contributed by atoms with Crippen molar-refractivity contribution < 1.29 is 0 Å². The van der Waals surface area contributed by atoms with Gasteiger partial charge in [-0.2, -0.15) is 0 Å². The van der Waals surface area contributed by atoms with Gasteiger partial charge in [-0.25, -0.2) is 0 Å². The summed E-state index contributed by atoms with van der Waals surface area (Å²) in [4.78, 5) is 2.62. The average Bonchev–Trinajstić information content (AvgIpc) is 2.48. The Bertz CT molecular complexity index is 425. The molecule has 0 bridgehead atoms. The fourth-order valence-electron chi connectivity index (χ4n) is 3.96. The summed E-state index contributed by atoms with van der Waals surface area (Å²) in [5.74, 6) is 0.651. The van der Waals surface area contributed by atoms with E-state index in [0.717, 1.165) is 0 Å². The van der Waals surface area contributed by atoms with Gasteiger partial charge in [0.15, 0.2) is 0 Å². The molecule has 0 aliphatic heterocycles. The van der Waals surface area contributed by atoms with E-state index in [4.69, 9.17) is 0 Å². The van der Waals surface area contributed by atoms with Crippen molar-refractivity contribution in [3.63, 3.8) is 0 Å². The Hall–Kier alpha value is -0.860. The van der Waals surface area contributed by atoms with Gasteiger partial charge in [0.2, 0.25) is 0 Å². The first-order valence-corrected chi connectivity index (χ1v) is 8.11. The summed E-state index contributed by atoms with van der Waals surface area (Å²) >= 11 is 0. The van der Waals surface area contributed by atoms with Crippen LogP contribution in [0.4, 0.5) is 0 Å². The molecule has 0 spiro atoms. The number of nitrogens with zero attached hydrogens (tertiary/aromatic N) is 1. The molecule has 1 N–H and O–H groups in total. The smallest absolute Gasteiger partial charge is 0.0478 e. The summed E-state index contributed by atoms with van der Waals surface area (Å²) < 4.78 is 0. The maximum atomic E-state index is 3.57. The zero-order valence-corrected chi connectivity index (χ0v) is 13.7. The summed E-state index contributed by atoms with van der Waals surface area (Å²) in [6.07, 6.45) is 3.71. The number of benzene rings is 1. The number of rotatable bonds is 5. The number of hydrogen-bond acceptors (Lipinski definition) is 2. The van der Waals surface area contributed by atoms with E-state index < -0.39 is 0 Å². The van der Waals surface area contributed by atoms with Gasteiger partial charge in [0, 0.05) is 18.1 Å². The highest BCUT2D eigenvalue weighted by atomic mass is 15.2. The lowest BCUT2D eigenvalue weighted by atomic mass is 9.77. The fraction of sp³-hybridized carbons (Fsp3) is 0.667. The number of likely N-dealkylation sites (N-methyl/N-ethyl adjacent to an activating group) is 2. The SMILES string of the molecule is CCC(CC)N(C)C1CC(C)c2ccccc2C1NC. The normalized spacial score (nSPS) is 26.1. The summed E-state index contributed by atoms with van der Waals surface area (Å²) in [7, 11) is 4.42. The summed E-state index contributed by atoms with van der Waals surface area (Å²) in [6.45, 7) is 6.98. The first-order valence-electron chi connectivity index (χ1n) is 8.11. The lowest BCUT2D eigenvalue weighted by molar-refractivity contribution is 0.113. The van der Waals surface area contributed by atoms with E-state index in [1.807, 2.05) is 0 Å². The maximum absolute atomic E-state index is 3.57. The van der Waals surface area contributed by atoms with Crippen molar-refractivity contribution in [3.8, 4) is 0 Å². The van der Waals surface area contributed by atoms with Crippen LogP contribution >= 0.6 is 0 Å². The van der Waals surface area contributed by atoms with Gasteiger partial charge in [-0.05, 0) is 50.4 Å². The topological polar surface area (TPSA) is 15.3 Å². The summed E-state index contributed by atoms with van der Waals surface area (Å²) in [5.41, 5.74) is 3.03. The molecule has 0 fully saturated rings. The van der Waals surface area contributed by atoms with Crippen molar-refractivity contribution in [2.75, 3.05) is 14.1 Å². The second-order valence-electron chi connectivity index (χ2n) is 6.24. The minimum Gasteiger partial charge on any atom is -0.312 e. The van der Waals surface area contributed by atoms with E-state index >= 15 is 0 Å². The number of fused-ring (bicyclic) bond motifs is 1. The van der Waals surface area contributed by atoms with E-state index in [-0.39, 0.29) is 0 Å². The first kappa shape index (κ1) is 15.5. The van der Waals surface area contributed by atoms with Crippen molar-refractivity contribution >= 4 is 0 Å². The Balaban J connectivity index is 2.32. The third-order valence-electron chi connectivity index (χ3n) is 5.19. The Morgan fingerprint density at radius 1 is 1.20 bits per heavy atom. The maximum Gasteiger partial charge on any atom is 0.0478 e. The Labute approximate surface area is 124 Å². The third-order valence-corrected chi connectivity index (χ3v) is 5.19. The molecule has 2 nitrogen and oxygen atoms in total. The molecule has 112 valence electrons. The van der Waals surface area contributed by atoms with Gasteiger partial charge in [-0.1, -0.05) is 45.0 Å². The van der Waals surface area contributed by atoms with Crippen LogP contribution in [-0.4, -0.2) is 31.1 Å². The second-order valence-corrected chi connectivity index (χ2v) is 6.24. The standard InChI is InChI=1S/C18H30N2/c1-6-14(7-2)20(5)17-12-13(3)15-10-8-9-11-16(15)18(17)19-4/h8-11,13-14,17-19H,6-7,12H2,1-5H3. The Morgan fingerprint density at radius 2 is 1.80 bits per heavy atom. The largest absolute Gasteiger partial charge is 0.312 e. The molecular formula is C18H30N2. The van der Waals surface area contributed by atoms with Gasteiger partial charge in [-0.15, -0.1) is 0 Å². The summed E-state index contributed by atoms with van der Waals surface area (Å²) in [5, 5.41) is 3.57. The Morgan fingerprint density at radius 3 is 2.35 bits per heavy atom. The number of hydrogen-bond donors (Lipinski definition) is 1. The quantitative estimate of drug-likeness (QED) is 0.875. The lowest BCUT2D eigenvalue weighted by Crippen LogP contribution is -2.49. The fourth-order valence-corrected chi connectivity index (χ4v) is 3.96. The molecule has 0 amide bonds. The molecule has 0 saturated heterocycles. The molecular weight excluding hydrogens is 244 g/mol. The summed E-state index contributed by atoms with van der Waals surface area (Å²) in [6, 6.07) is 10.7. The highest BCUT2D eigenvalue weighted by Crippen LogP contribution is 2.39. The van der Waals surface area contributed by atoms with Crippen LogP contribution in [0, 0.1) is 0 Å². The van der Waals surface area contributed by atoms with Gasteiger partial charge in [0.05, 0.1) is 0 Å². The molecule has 1 aromatic carbocycles. The molecule has 0 heterocycles. The van der Waals surface area contributed by atoms with Gasteiger partial charge < -0.3 is 5.32 Å². The van der Waals surface area contributed by atoms with Crippen LogP contribution in [0.1, 0.15) is 63.1 Å². The monoisotopic (exact) mass is 274 g/mol. The predicted molar refractivity (Wildman–Crippen MR) is 87.2 cm³/mol. The molecule has 0 aromatic heterocycles. The third kappa shape index (κ3) is 2.77. The van der Waals surface area contributed by atoms with Crippen LogP contribution in [0.25, 0.3) is 0 Å². The van der Waals surface area contributed by atoms with Crippen molar-refractivity contribution in [2.24, 2.45) is 0 Å². The van der Waals surface area contributed by atoms with Crippen LogP contribution in [0.15, 0.2) is 24.3 Å². The van der Waals surface area contributed by atoms with E-state index in [0.29, 0.717) is 24.0 Å². The molecule has 0 saturated carbocycles. The van der Waals surface area contributed by atoms with E-state index in [9.17, 15) is 0 Å². The zero-order chi connectivity index (χ0) is 14.7. The van der Waals surface area contributed by atoms with Gasteiger partial charge in [0.1, 0.15) is 0 Å². The van der Waals surface area contributed by atoms with Crippen LogP contribution in [0.3, 0.4) is 0 Å². The molecule has 20 heavy (non-hydrogen) atoms. The van der Waals surface area contributed by atoms with E-state index in [2.05, 4.69) is 69.3 Å². The molecule has 1 aliphatic carbocycles. The molecule has 1 aromatic rings. The highest BCUT2D eigenvalue weighted by Gasteiger charge is 2.35. The minimum absolute atomic E-state index is 0.452. The predicted octanol–water partition coefficient (Wildman–Crippen LogP) is 3.94. The molecule has 3 atom stereocenters. The van der Waals surface area contributed by atoms with Crippen molar-refractivity contribution in [1.29, 1.82) is 0 Å². The van der Waals surface area contributed by atoms with Gasteiger partial charge in [0.25, 0.3) is 0 Å². The molecule has 2 heteroatoms. The van der Waals surface area contributed by atoms with Gasteiger partial charge in [-0.3, -0.25) is 4.90 Å². The van der Waals surface area contributed by atoms with Crippen molar-refractivity contribution in [1.82, 2.24) is 10.2 Å². The highest BCUT2D eigenvalue weighted by molar-refractivity contribution is 5.36. The first-order chi connectivity index (χ1) is 9.63. The Kier molecular flexibility index (Phi) is 5.22. The van der Waals surface area contributed by atoms with Crippen molar-refractivity contribution in [2.45, 2.75) is 64.1 Å². The van der Waals surface area contributed by atoms with E-state index in [1.165, 1.54) is 30.4 Å². The van der Waals surface area contributed by atoms with Crippen LogP contribution < -0.4 is 5.32 Å². The van der Waals surface area contributed by atoms with Gasteiger partial charge >= 0.3 is 0 Å². The average molecular weight is 274 g/mol. The minimum atomic E-state index is 0.452. The van der Waals surface area contributed by atoms with Crippen LogP contribution in [-0.2, 0) is 0 Å². The van der Waals surface area contributed by atoms with Crippen LogP contribution in [0.5, 0.6) is 0 Å². The molecule has 0 radical (unpaired) electrons. The van der Waals surface area contributed by atoms with Crippen molar-refractivity contribution in [3.05, 3.63) is 35.4 Å². The molecule has 2 rings (SSSR count). The molecule has 1 aliphatic rings.